The fourth-order valence-corrected chi connectivity index (χ4v) is 3.84. The normalized spacial score (nSPS) is 23.3. The van der Waals surface area contributed by atoms with Crippen molar-refractivity contribution in [3.05, 3.63) is 30.1 Å². The van der Waals surface area contributed by atoms with Crippen molar-refractivity contribution in [2.45, 2.75) is 50.6 Å². The van der Waals surface area contributed by atoms with Crippen molar-refractivity contribution in [3.63, 3.8) is 0 Å². The monoisotopic (exact) mass is 398 g/mol. The van der Waals surface area contributed by atoms with E-state index >= 15 is 0 Å². The lowest BCUT2D eigenvalue weighted by molar-refractivity contribution is -0.137. The zero-order valence-electron chi connectivity index (χ0n) is 15.3. The number of urea groups is 1. The van der Waals surface area contributed by atoms with Crippen LogP contribution in [-0.4, -0.2) is 42.0 Å². The summed E-state index contributed by atoms with van der Waals surface area (Å²) in [5, 5.41) is 5.62. The molecule has 1 aliphatic carbocycles. The molecular weight excluding hydrogens is 371 g/mol. The molecule has 2 aliphatic rings. The third kappa shape index (κ3) is 6.07. The highest BCUT2D eigenvalue weighted by atomic mass is 35.5. The van der Waals surface area contributed by atoms with E-state index < -0.39 is 0 Å². The molecular formula is C19H28ClFN4O2. The van der Waals surface area contributed by atoms with Gasteiger partial charge in [-0.3, -0.25) is 4.79 Å². The van der Waals surface area contributed by atoms with Crippen LogP contribution in [0.1, 0.15) is 38.5 Å². The first-order chi connectivity index (χ1) is 12.5. The SMILES string of the molecule is Cl.NC1CCCC(C(=O)N2CCC(NC(=O)Nc3ccc(F)cc3)CC2)C1. The van der Waals surface area contributed by atoms with E-state index in [0.29, 0.717) is 18.8 Å². The average molecular weight is 399 g/mol. The number of rotatable bonds is 3. The van der Waals surface area contributed by atoms with Crippen molar-refractivity contribution in [1.29, 1.82) is 0 Å². The van der Waals surface area contributed by atoms with Crippen LogP contribution in [0.4, 0.5) is 14.9 Å². The molecule has 150 valence electrons. The minimum absolute atomic E-state index is 0. The van der Waals surface area contributed by atoms with Crippen LogP contribution in [0.5, 0.6) is 0 Å². The van der Waals surface area contributed by atoms with Crippen LogP contribution in [0.25, 0.3) is 0 Å². The number of carbonyl (C=O) groups is 2. The van der Waals surface area contributed by atoms with Gasteiger partial charge in [-0.25, -0.2) is 9.18 Å². The van der Waals surface area contributed by atoms with Gasteiger partial charge in [-0.2, -0.15) is 0 Å². The lowest BCUT2D eigenvalue weighted by Gasteiger charge is -2.36. The highest BCUT2D eigenvalue weighted by Crippen LogP contribution is 2.26. The van der Waals surface area contributed by atoms with Gasteiger partial charge in [0.15, 0.2) is 0 Å². The summed E-state index contributed by atoms with van der Waals surface area (Å²) in [6.07, 6.45) is 5.24. The summed E-state index contributed by atoms with van der Waals surface area (Å²) in [6, 6.07) is 5.52. The van der Waals surface area contributed by atoms with Gasteiger partial charge in [0.05, 0.1) is 0 Å². The number of nitrogens with two attached hydrogens (primary N) is 1. The fraction of sp³-hybridized carbons (Fsp3) is 0.579. The molecule has 2 atom stereocenters. The third-order valence-corrected chi connectivity index (χ3v) is 5.31. The maximum atomic E-state index is 12.9. The number of likely N-dealkylation sites (tertiary alicyclic amines) is 1. The molecule has 1 aromatic rings. The molecule has 0 radical (unpaired) electrons. The molecule has 3 amide bonds. The van der Waals surface area contributed by atoms with Crippen LogP contribution in [0, 0.1) is 11.7 Å². The van der Waals surface area contributed by atoms with E-state index in [1.165, 1.54) is 24.3 Å². The fourth-order valence-electron chi connectivity index (χ4n) is 3.84. The van der Waals surface area contributed by atoms with Gasteiger partial charge in [-0.15, -0.1) is 12.4 Å². The zero-order chi connectivity index (χ0) is 18.5. The zero-order valence-corrected chi connectivity index (χ0v) is 16.1. The Hall–Kier alpha value is -1.86. The number of hydrogen-bond acceptors (Lipinski definition) is 3. The molecule has 3 rings (SSSR count). The van der Waals surface area contributed by atoms with Gasteiger partial charge in [-0.05, 0) is 56.4 Å². The van der Waals surface area contributed by atoms with E-state index in [4.69, 9.17) is 5.73 Å². The van der Waals surface area contributed by atoms with E-state index in [-0.39, 0.29) is 48.2 Å². The Bertz CT molecular complexity index is 635. The van der Waals surface area contributed by atoms with Crippen molar-refractivity contribution >= 4 is 30.0 Å². The highest BCUT2D eigenvalue weighted by Gasteiger charge is 2.31. The van der Waals surface area contributed by atoms with Gasteiger partial charge in [0.2, 0.25) is 5.91 Å². The predicted octanol–water partition coefficient (Wildman–Crippen LogP) is 2.88. The van der Waals surface area contributed by atoms with Crippen LogP contribution < -0.4 is 16.4 Å². The van der Waals surface area contributed by atoms with E-state index in [2.05, 4.69) is 10.6 Å². The molecule has 8 heteroatoms. The molecule has 1 heterocycles. The van der Waals surface area contributed by atoms with E-state index in [1.807, 2.05) is 4.90 Å². The van der Waals surface area contributed by atoms with Crippen LogP contribution in [-0.2, 0) is 4.79 Å². The Morgan fingerprint density at radius 1 is 1.07 bits per heavy atom. The van der Waals surface area contributed by atoms with Gasteiger partial charge in [0.1, 0.15) is 5.82 Å². The second-order valence-electron chi connectivity index (χ2n) is 7.33. The minimum Gasteiger partial charge on any atom is -0.342 e. The Morgan fingerprint density at radius 2 is 1.74 bits per heavy atom. The molecule has 6 nitrogen and oxygen atoms in total. The topological polar surface area (TPSA) is 87.5 Å². The lowest BCUT2D eigenvalue weighted by Crippen LogP contribution is -2.49. The summed E-state index contributed by atoms with van der Waals surface area (Å²) in [5.74, 6) is -0.0636. The average Bonchev–Trinajstić information content (AvgIpc) is 2.64. The summed E-state index contributed by atoms with van der Waals surface area (Å²) >= 11 is 0. The van der Waals surface area contributed by atoms with E-state index in [1.54, 1.807) is 0 Å². The number of amides is 3. The first-order valence-electron chi connectivity index (χ1n) is 9.38. The number of hydrogen-bond donors (Lipinski definition) is 3. The number of anilines is 1. The Balaban J connectivity index is 0.00000261. The van der Waals surface area contributed by atoms with Crippen molar-refractivity contribution in [2.24, 2.45) is 11.7 Å². The number of nitrogens with one attached hydrogen (secondary N) is 2. The smallest absolute Gasteiger partial charge is 0.319 e. The molecule has 1 aliphatic heterocycles. The Morgan fingerprint density at radius 3 is 2.37 bits per heavy atom. The van der Waals surface area contributed by atoms with E-state index in [9.17, 15) is 14.0 Å². The molecule has 0 bridgehead atoms. The van der Waals surface area contributed by atoms with E-state index in [0.717, 1.165) is 38.5 Å². The molecule has 1 saturated heterocycles. The molecule has 1 aromatic carbocycles. The second-order valence-corrected chi connectivity index (χ2v) is 7.33. The van der Waals surface area contributed by atoms with Crippen molar-refractivity contribution < 1.29 is 14.0 Å². The molecule has 2 fully saturated rings. The number of nitrogens with zero attached hydrogens (tertiary/aromatic N) is 1. The summed E-state index contributed by atoms with van der Waals surface area (Å²) in [6.45, 7) is 1.32. The number of piperidine rings is 1. The van der Waals surface area contributed by atoms with Crippen LogP contribution in [0.15, 0.2) is 24.3 Å². The molecule has 1 saturated carbocycles. The lowest BCUT2D eigenvalue weighted by atomic mass is 9.85. The van der Waals surface area contributed by atoms with Gasteiger partial charge in [-0.1, -0.05) is 6.42 Å². The van der Waals surface area contributed by atoms with Crippen LogP contribution in [0.2, 0.25) is 0 Å². The van der Waals surface area contributed by atoms with Crippen molar-refractivity contribution in [2.75, 3.05) is 18.4 Å². The third-order valence-electron chi connectivity index (χ3n) is 5.31. The Labute approximate surface area is 165 Å². The maximum absolute atomic E-state index is 12.9. The number of benzene rings is 1. The van der Waals surface area contributed by atoms with Gasteiger partial charge < -0.3 is 21.3 Å². The highest BCUT2D eigenvalue weighted by molar-refractivity contribution is 5.89. The number of halogens is 2. The summed E-state index contributed by atoms with van der Waals surface area (Å²) in [5.41, 5.74) is 6.54. The standard InChI is InChI=1S/C19H27FN4O2.ClH/c20-14-4-6-16(7-5-14)22-19(26)23-17-8-10-24(11-9-17)18(25)13-2-1-3-15(21)12-13;/h4-7,13,15,17H,1-3,8-12,21H2,(H2,22,23,26);1H. The molecule has 27 heavy (non-hydrogen) atoms. The minimum atomic E-state index is -0.341. The molecule has 4 N–H and O–H groups in total. The molecule has 0 spiro atoms. The first kappa shape index (κ1) is 21.4. The van der Waals surface area contributed by atoms with Crippen molar-refractivity contribution in [1.82, 2.24) is 10.2 Å². The maximum Gasteiger partial charge on any atom is 0.319 e. The second kappa shape index (κ2) is 9.90. The summed E-state index contributed by atoms with van der Waals surface area (Å²) in [4.78, 5) is 26.6. The van der Waals surface area contributed by atoms with Crippen LogP contribution >= 0.6 is 12.4 Å². The largest absolute Gasteiger partial charge is 0.342 e. The predicted molar refractivity (Wildman–Crippen MR) is 105 cm³/mol. The van der Waals surface area contributed by atoms with Crippen LogP contribution in [0.3, 0.4) is 0 Å². The number of carbonyl (C=O) groups excluding carboxylic acids is 2. The van der Waals surface area contributed by atoms with Gasteiger partial charge in [0, 0.05) is 36.8 Å². The quantitative estimate of drug-likeness (QED) is 0.731. The summed E-state index contributed by atoms with van der Waals surface area (Å²) in [7, 11) is 0. The first-order valence-corrected chi connectivity index (χ1v) is 9.38. The van der Waals surface area contributed by atoms with Gasteiger partial charge >= 0.3 is 6.03 Å². The van der Waals surface area contributed by atoms with Gasteiger partial charge in [0.25, 0.3) is 0 Å². The van der Waals surface area contributed by atoms with Crippen molar-refractivity contribution in [3.8, 4) is 0 Å². The molecule has 2 unspecified atom stereocenters. The molecule has 0 aromatic heterocycles. The summed E-state index contributed by atoms with van der Waals surface area (Å²) < 4.78 is 12.9. The Kier molecular flexibility index (Phi) is 7.86.